The van der Waals surface area contributed by atoms with Gasteiger partial charge in [-0.2, -0.15) is 0 Å². The van der Waals surface area contributed by atoms with E-state index >= 15 is 0 Å². The van der Waals surface area contributed by atoms with E-state index in [4.69, 9.17) is 9.73 Å². The van der Waals surface area contributed by atoms with Crippen LogP contribution in [0.5, 0.6) is 0 Å². The van der Waals surface area contributed by atoms with Crippen LogP contribution in [0.15, 0.2) is 106 Å². The lowest BCUT2D eigenvalue weighted by Gasteiger charge is -2.25. The molecule has 0 amide bonds. The van der Waals surface area contributed by atoms with Crippen molar-refractivity contribution in [3.8, 4) is 5.69 Å². The number of nitro benzene ring substituents is 1. The van der Waals surface area contributed by atoms with E-state index in [1.54, 1.807) is 23.6 Å². The molecular formula is C34H28N4O5S. The van der Waals surface area contributed by atoms with Crippen LogP contribution >= 0.6 is 11.3 Å². The Bertz CT molecular complexity index is 2110. The number of hydrogen-bond donors (Lipinski definition) is 0. The summed E-state index contributed by atoms with van der Waals surface area (Å²) in [5.74, 6) is -0.523. The Morgan fingerprint density at radius 3 is 2.32 bits per heavy atom. The predicted octanol–water partition coefficient (Wildman–Crippen LogP) is 5.25. The fourth-order valence-electron chi connectivity index (χ4n) is 5.59. The molecule has 0 spiro atoms. The molecule has 0 radical (unpaired) electrons. The van der Waals surface area contributed by atoms with Crippen molar-refractivity contribution in [3.63, 3.8) is 0 Å². The standard InChI is InChI=1S/C34H28N4O5S/c1-4-43-33(40)29-30(23-11-7-5-8-12-23)35-34-37(31(29)24-13-9-6-10-14-24)32(39)28(44-34)20-25-19-21(2)36(22(25)3)26-15-17-27(18-16-26)38(41)42/h5-20,31H,4H2,1-3H3/b28-20-/t31-/m1/s1. The fraction of sp³-hybridized carbons (Fsp3) is 0.147. The minimum atomic E-state index is -0.739. The van der Waals surface area contributed by atoms with Crippen molar-refractivity contribution in [3.05, 3.63) is 154 Å². The Morgan fingerprint density at radius 2 is 1.68 bits per heavy atom. The number of rotatable bonds is 7. The van der Waals surface area contributed by atoms with Gasteiger partial charge in [-0.3, -0.25) is 19.5 Å². The molecule has 0 N–H and O–H groups in total. The maximum absolute atomic E-state index is 14.2. The van der Waals surface area contributed by atoms with Crippen molar-refractivity contribution in [2.45, 2.75) is 26.8 Å². The highest BCUT2D eigenvalue weighted by atomic mass is 32.1. The molecule has 2 aromatic heterocycles. The van der Waals surface area contributed by atoms with Gasteiger partial charge < -0.3 is 9.30 Å². The molecule has 6 rings (SSSR count). The molecule has 0 fully saturated rings. The van der Waals surface area contributed by atoms with Crippen LogP contribution in [0.1, 0.15) is 41.0 Å². The molecule has 10 heteroatoms. The maximum atomic E-state index is 14.2. The summed E-state index contributed by atoms with van der Waals surface area (Å²) in [5, 5.41) is 11.1. The van der Waals surface area contributed by atoms with Crippen molar-refractivity contribution in [2.24, 2.45) is 4.99 Å². The summed E-state index contributed by atoms with van der Waals surface area (Å²) in [6.45, 7) is 5.82. The number of ether oxygens (including phenoxy) is 1. The van der Waals surface area contributed by atoms with Crippen LogP contribution in [0.4, 0.5) is 5.69 Å². The number of nitrogens with zero attached hydrogens (tertiary/aromatic N) is 4. The Kier molecular flexibility index (Phi) is 7.67. The molecule has 3 heterocycles. The predicted molar refractivity (Wildman–Crippen MR) is 169 cm³/mol. The molecule has 0 bridgehead atoms. The molecule has 44 heavy (non-hydrogen) atoms. The maximum Gasteiger partial charge on any atom is 0.338 e. The Balaban J connectivity index is 1.56. The average molecular weight is 605 g/mol. The first-order valence-corrected chi connectivity index (χ1v) is 14.9. The quantitative estimate of drug-likeness (QED) is 0.143. The first-order valence-electron chi connectivity index (χ1n) is 14.1. The average Bonchev–Trinajstić information content (AvgIpc) is 3.50. The van der Waals surface area contributed by atoms with E-state index in [1.807, 2.05) is 91.2 Å². The number of carbonyl (C=O) groups excluding carboxylic acids is 1. The Morgan fingerprint density at radius 1 is 1.02 bits per heavy atom. The largest absolute Gasteiger partial charge is 0.463 e. The van der Waals surface area contributed by atoms with Gasteiger partial charge in [-0.05, 0) is 56.2 Å². The molecule has 1 aliphatic rings. The highest BCUT2D eigenvalue weighted by Gasteiger charge is 2.35. The van der Waals surface area contributed by atoms with Crippen LogP contribution in [-0.4, -0.2) is 26.6 Å². The second-order valence-electron chi connectivity index (χ2n) is 10.3. The number of hydrogen-bond acceptors (Lipinski definition) is 7. The lowest BCUT2D eigenvalue weighted by molar-refractivity contribution is -0.384. The molecule has 0 saturated carbocycles. The number of carbonyl (C=O) groups is 1. The summed E-state index contributed by atoms with van der Waals surface area (Å²) in [7, 11) is 0. The van der Waals surface area contributed by atoms with E-state index in [2.05, 4.69) is 0 Å². The van der Waals surface area contributed by atoms with E-state index in [1.165, 1.54) is 23.5 Å². The van der Waals surface area contributed by atoms with Crippen LogP contribution < -0.4 is 14.9 Å². The zero-order valence-corrected chi connectivity index (χ0v) is 25.1. The number of aromatic nitrogens is 2. The summed E-state index contributed by atoms with van der Waals surface area (Å²) in [6, 6.07) is 26.5. The third-order valence-corrected chi connectivity index (χ3v) is 8.55. The van der Waals surface area contributed by atoms with Crippen LogP contribution in [0.25, 0.3) is 17.5 Å². The highest BCUT2D eigenvalue weighted by Crippen LogP contribution is 2.35. The van der Waals surface area contributed by atoms with E-state index in [0.717, 1.165) is 33.8 Å². The Labute approximate surface area is 256 Å². The van der Waals surface area contributed by atoms with Crippen molar-refractivity contribution >= 4 is 34.8 Å². The zero-order valence-electron chi connectivity index (χ0n) is 24.3. The van der Waals surface area contributed by atoms with Gasteiger partial charge in [0.05, 0.1) is 33.4 Å². The lowest BCUT2D eigenvalue weighted by Crippen LogP contribution is -2.40. The zero-order chi connectivity index (χ0) is 31.0. The molecule has 0 unspecified atom stereocenters. The molecule has 1 atom stereocenters. The lowest BCUT2D eigenvalue weighted by atomic mass is 9.93. The SMILES string of the molecule is CCOC(=O)C1=C(c2ccccc2)N=c2s/c(=C\c3cc(C)n(-c4ccc([N+](=O)[O-])cc4)c3C)c(=O)n2[C@@H]1c1ccccc1. The number of thiazole rings is 1. The van der Waals surface area contributed by atoms with Gasteiger partial charge in [0.25, 0.3) is 11.2 Å². The summed E-state index contributed by atoms with van der Waals surface area (Å²) < 4.78 is 9.56. The normalized spacial score (nSPS) is 14.7. The summed E-state index contributed by atoms with van der Waals surface area (Å²) in [6.07, 6.45) is 1.84. The number of esters is 1. The second-order valence-corrected chi connectivity index (χ2v) is 11.3. The van der Waals surface area contributed by atoms with Gasteiger partial charge in [-0.15, -0.1) is 0 Å². The number of non-ortho nitro benzene ring substituents is 1. The summed E-state index contributed by atoms with van der Waals surface area (Å²) >= 11 is 1.26. The van der Waals surface area contributed by atoms with Gasteiger partial charge >= 0.3 is 5.97 Å². The number of fused-ring (bicyclic) bond motifs is 1. The monoisotopic (exact) mass is 604 g/mol. The number of benzene rings is 3. The highest BCUT2D eigenvalue weighted by molar-refractivity contribution is 7.07. The minimum absolute atomic E-state index is 0.0163. The van der Waals surface area contributed by atoms with E-state index in [-0.39, 0.29) is 17.9 Å². The van der Waals surface area contributed by atoms with Gasteiger partial charge in [0.2, 0.25) is 0 Å². The first-order chi connectivity index (χ1) is 21.3. The molecule has 220 valence electrons. The molecule has 0 saturated heterocycles. The van der Waals surface area contributed by atoms with E-state index in [9.17, 15) is 19.7 Å². The van der Waals surface area contributed by atoms with Gasteiger partial charge in [-0.1, -0.05) is 72.0 Å². The number of aryl methyl sites for hydroxylation is 1. The third-order valence-electron chi connectivity index (χ3n) is 7.56. The summed E-state index contributed by atoms with van der Waals surface area (Å²) in [5.41, 5.74) is 5.44. The van der Waals surface area contributed by atoms with Crippen LogP contribution in [0.2, 0.25) is 0 Å². The molecule has 1 aliphatic heterocycles. The van der Waals surface area contributed by atoms with Gasteiger partial charge in [0.1, 0.15) is 0 Å². The van der Waals surface area contributed by atoms with Gasteiger partial charge in [0.15, 0.2) is 4.80 Å². The second kappa shape index (κ2) is 11.7. The van der Waals surface area contributed by atoms with Crippen molar-refractivity contribution in [1.82, 2.24) is 9.13 Å². The van der Waals surface area contributed by atoms with Crippen molar-refractivity contribution in [1.29, 1.82) is 0 Å². The third kappa shape index (κ3) is 5.09. The van der Waals surface area contributed by atoms with Crippen molar-refractivity contribution < 1.29 is 14.5 Å². The van der Waals surface area contributed by atoms with Crippen LogP contribution in [0, 0.1) is 24.0 Å². The molecule has 5 aromatic rings. The van der Waals surface area contributed by atoms with Crippen LogP contribution in [-0.2, 0) is 9.53 Å². The summed E-state index contributed by atoms with van der Waals surface area (Å²) in [4.78, 5) is 43.8. The number of nitro groups is 1. The molecular weight excluding hydrogens is 576 g/mol. The minimum Gasteiger partial charge on any atom is -0.463 e. The van der Waals surface area contributed by atoms with Gasteiger partial charge in [-0.25, -0.2) is 9.79 Å². The van der Waals surface area contributed by atoms with Gasteiger partial charge in [0, 0.05) is 34.8 Å². The molecule has 9 nitrogen and oxygen atoms in total. The fourth-order valence-corrected chi connectivity index (χ4v) is 6.58. The van der Waals surface area contributed by atoms with Crippen LogP contribution in [0.3, 0.4) is 0 Å². The first kappa shape index (κ1) is 28.8. The smallest absolute Gasteiger partial charge is 0.338 e. The molecule has 0 aliphatic carbocycles. The molecule has 3 aromatic carbocycles. The Hall–Kier alpha value is -5.35. The topological polar surface area (TPSA) is 109 Å². The van der Waals surface area contributed by atoms with E-state index in [0.29, 0.717) is 20.6 Å². The van der Waals surface area contributed by atoms with Crippen molar-refractivity contribution in [2.75, 3.05) is 6.61 Å². The van der Waals surface area contributed by atoms with E-state index < -0.39 is 16.9 Å².